The van der Waals surface area contributed by atoms with Gasteiger partial charge < -0.3 is 0 Å². The fourth-order valence-electron chi connectivity index (χ4n) is 5.44. The summed E-state index contributed by atoms with van der Waals surface area (Å²) < 4.78 is 0. The number of rotatable bonds is 0. The molecule has 12 rings (SSSR count). The van der Waals surface area contributed by atoms with Crippen LogP contribution in [0.5, 0.6) is 0 Å². The highest BCUT2D eigenvalue weighted by atomic mass is 15.1. The fourth-order valence-corrected chi connectivity index (χ4v) is 5.44. The lowest BCUT2D eigenvalue weighted by Crippen LogP contribution is -1.87. The normalized spacial score (nSPS) is 9.09. The Balaban J connectivity index is 0.000000502. The molecule has 0 atom stereocenters. The fraction of sp³-hybridized carbons (Fsp3) is 0.294. The number of nitrogens with zero attached hydrogens (tertiary/aromatic N) is 24. The van der Waals surface area contributed by atoms with Crippen molar-refractivity contribution in [3.05, 3.63) is 287 Å². The van der Waals surface area contributed by atoms with Gasteiger partial charge in [-0.25, -0.2) is 49.8 Å². The van der Waals surface area contributed by atoms with Gasteiger partial charge >= 0.3 is 0 Å². The summed E-state index contributed by atoms with van der Waals surface area (Å²) in [5.74, 6) is 0.829. The van der Waals surface area contributed by atoms with Crippen molar-refractivity contribution >= 4 is 0 Å². The van der Waals surface area contributed by atoms with Crippen molar-refractivity contribution in [2.75, 3.05) is 0 Å². The minimum atomic E-state index is 0.829. The second-order valence-corrected chi connectivity index (χ2v) is 19.9. The third-order valence-corrected chi connectivity index (χ3v) is 10.8. The number of hydrogen-bond donors (Lipinski definition) is 0. The summed E-state index contributed by atoms with van der Waals surface area (Å²) in [4.78, 5) is 70.8. The van der Waals surface area contributed by atoms with Gasteiger partial charge in [-0.15, -0.1) is 0 Å². The monoisotopic (exact) mass is 1240 g/mol. The molecule has 12 heterocycles. The van der Waals surface area contributed by atoms with E-state index in [1.807, 2.05) is 200 Å². The zero-order valence-electron chi connectivity index (χ0n) is 56.9. The van der Waals surface area contributed by atoms with E-state index in [2.05, 4.69) is 120 Å². The Morgan fingerprint density at radius 1 is 0.228 bits per heavy atom. The smallest absolute Gasteiger partial charge is 0.125 e. The third-order valence-electron chi connectivity index (χ3n) is 10.8. The first-order chi connectivity index (χ1) is 43.9. The molecule has 0 saturated heterocycles. The summed E-state index contributed by atoms with van der Waals surface area (Å²) in [6, 6.07) is 11.5. The van der Waals surface area contributed by atoms with E-state index in [-0.39, 0.29) is 0 Å². The van der Waals surface area contributed by atoms with Gasteiger partial charge in [0.15, 0.2) is 0 Å². The Labute approximate surface area is 543 Å². The van der Waals surface area contributed by atoms with E-state index in [0.717, 1.165) is 113 Å². The van der Waals surface area contributed by atoms with Crippen molar-refractivity contribution in [2.45, 2.75) is 138 Å². The average Bonchev–Trinajstić information content (AvgIpc) is 3.75. The Kier molecular flexibility index (Phi) is 42.0. The van der Waals surface area contributed by atoms with Gasteiger partial charge in [-0.05, 0) is 203 Å². The number of aryl methyl sites for hydroxylation is 20. The molecule has 12 aromatic heterocycles. The molecule has 12 aromatic rings. The average molecular weight is 1240 g/mol. The first kappa shape index (κ1) is 79.0. The zero-order valence-corrected chi connectivity index (χ0v) is 56.9. The molecule has 0 saturated carbocycles. The third kappa shape index (κ3) is 44.4. The maximum Gasteiger partial charge on any atom is 0.125 e. The van der Waals surface area contributed by atoms with Crippen LogP contribution >= 0.6 is 0 Å². The van der Waals surface area contributed by atoms with Crippen LogP contribution in [0.15, 0.2) is 173 Å². The molecule has 0 aliphatic rings. The van der Waals surface area contributed by atoms with Crippen LogP contribution < -0.4 is 0 Å². The second-order valence-electron chi connectivity index (χ2n) is 19.9. The molecule has 0 fully saturated rings. The summed E-state index contributed by atoms with van der Waals surface area (Å²) >= 11 is 0. The second kappa shape index (κ2) is 48.9. The van der Waals surface area contributed by atoms with E-state index < -0.39 is 0 Å². The number of hydrogen-bond acceptors (Lipinski definition) is 24. The molecule has 0 amide bonds. The van der Waals surface area contributed by atoms with Crippen LogP contribution in [0.25, 0.3) is 0 Å². The largest absolute Gasteiger partial charge is 0.261 e. The van der Waals surface area contributed by atoms with Gasteiger partial charge in [-0.3, -0.25) is 39.9 Å². The van der Waals surface area contributed by atoms with Crippen LogP contribution in [0, 0.1) is 138 Å². The van der Waals surface area contributed by atoms with E-state index in [1.165, 1.54) is 6.33 Å². The van der Waals surface area contributed by atoms with Crippen LogP contribution in [0.2, 0.25) is 0 Å². The van der Waals surface area contributed by atoms with Gasteiger partial charge in [-0.1, -0.05) is 0 Å². The highest BCUT2D eigenvalue weighted by Crippen LogP contribution is 1.99. The molecule has 0 spiro atoms. The van der Waals surface area contributed by atoms with Crippen molar-refractivity contribution in [2.24, 2.45) is 0 Å². The predicted molar refractivity (Wildman–Crippen MR) is 359 cm³/mol. The minimum absolute atomic E-state index is 0.829. The van der Waals surface area contributed by atoms with E-state index in [1.54, 1.807) is 106 Å². The summed E-state index contributed by atoms with van der Waals surface area (Å²) in [6.45, 7) is 38.9. The number of aromatic nitrogens is 24. The summed E-state index contributed by atoms with van der Waals surface area (Å²) in [5, 5.41) is 22.3. The molecule has 480 valence electrons. The SMILES string of the molecule is Cc1cc(C)ncn1.Cc1ccc(C)nn1.Cc1cccnn1.Cc1ccnnc1.Cc1cnc(C)cn1.Cc1cnc(C)nc1.Cc1cncc(C)n1.Cc1cnccn1.Cc1cncnc1.Cc1cncnc1C.Cc1cncnc1C.Cc1nccnc1C. The molecule has 0 unspecified atom stereocenters. The summed E-state index contributed by atoms with van der Waals surface area (Å²) in [5.41, 5.74) is 19.6. The molecule has 0 aliphatic carbocycles. The maximum absolute atomic E-state index is 4.11. The van der Waals surface area contributed by atoms with Crippen molar-refractivity contribution < 1.29 is 0 Å². The topological polar surface area (TPSA) is 309 Å². The molecule has 0 N–H and O–H groups in total. The molecule has 0 bridgehead atoms. The van der Waals surface area contributed by atoms with E-state index in [9.17, 15) is 0 Å². The van der Waals surface area contributed by atoms with Crippen LogP contribution in [-0.2, 0) is 0 Å². The van der Waals surface area contributed by atoms with Gasteiger partial charge in [0.2, 0.25) is 0 Å². The molecule has 0 aromatic carbocycles. The lowest BCUT2D eigenvalue weighted by molar-refractivity contribution is 0.941. The first-order valence-electron chi connectivity index (χ1n) is 28.8. The highest BCUT2D eigenvalue weighted by Gasteiger charge is 1.91. The standard InChI is InChI=1S/8C6H8N2.4C5H6N2/c2*1-5-3-7-4-8-6(5)2;1-5-3-8-6(2)4-7-5;1-5-3-7-4-6(2)8-5;1-5-3-6(2)8-4-7-5;1-5-3-7-6(2)8-4-5;1-5-6(2)8-4-3-7-5;1-5-3-4-6(2)8-7-5;1-5-2-6-4-7-3-5;1-5-4-6-2-3-7-5;1-5-2-3-6-7-4-5;1-5-3-2-4-6-7-5/h8*3-4H,1-2H3;4*2-4H,1H3. The summed E-state index contributed by atoms with van der Waals surface area (Å²) in [6.07, 6.45) is 37.5. The molecule has 92 heavy (non-hydrogen) atoms. The van der Waals surface area contributed by atoms with Crippen molar-refractivity contribution in [3.8, 4) is 0 Å². The zero-order chi connectivity index (χ0) is 68.3. The summed E-state index contributed by atoms with van der Waals surface area (Å²) in [7, 11) is 0. The molecule has 0 aliphatic heterocycles. The van der Waals surface area contributed by atoms with Crippen LogP contribution in [0.3, 0.4) is 0 Å². The first-order valence-corrected chi connectivity index (χ1v) is 28.8. The lowest BCUT2D eigenvalue weighted by atomic mass is 10.3. The predicted octanol–water partition coefficient (Wildman–Crippen LogP) is 11.9. The molecular weight excluding hydrogens is 1150 g/mol. The van der Waals surface area contributed by atoms with Crippen LogP contribution in [0.1, 0.15) is 113 Å². The molecule has 0 radical (unpaired) electrons. The van der Waals surface area contributed by atoms with E-state index in [4.69, 9.17) is 0 Å². The van der Waals surface area contributed by atoms with Crippen LogP contribution in [-0.4, -0.2) is 120 Å². The van der Waals surface area contributed by atoms with Gasteiger partial charge in [0, 0.05) is 128 Å². The minimum Gasteiger partial charge on any atom is -0.261 e. The Bertz CT molecular complexity index is 3180. The van der Waals surface area contributed by atoms with Gasteiger partial charge in [0.25, 0.3) is 0 Å². The van der Waals surface area contributed by atoms with Crippen molar-refractivity contribution in [1.82, 2.24) is 120 Å². The van der Waals surface area contributed by atoms with Crippen molar-refractivity contribution in [3.63, 3.8) is 0 Å². The Hall–Kier alpha value is -11.0. The lowest BCUT2D eigenvalue weighted by Gasteiger charge is -1.91. The van der Waals surface area contributed by atoms with E-state index in [0.29, 0.717) is 0 Å². The van der Waals surface area contributed by atoms with Gasteiger partial charge in [0.1, 0.15) is 31.1 Å². The maximum atomic E-state index is 4.11. The highest BCUT2D eigenvalue weighted by molar-refractivity contribution is 5.12. The van der Waals surface area contributed by atoms with Gasteiger partial charge in [0.05, 0.1) is 63.1 Å². The van der Waals surface area contributed by atoms with Crippen molar-refractivity contribution in [1.29, 1.82) is 0 Å². The van der Waals surface area contributed by atoms with E-state index >= 15 is 0 Å². The Morgan fingerprint density at radius 2 is 0.696 bits per heavy atom. The Morgan fingerprint density at radius 3 is 0.957 bits per heavy atom. The molecular formula is C68H88N24. The van der Waals surface area contributed by atoms with Gasteiger partial charge in [-0.2, -0.15) is 30.6 Å². The molecule has 24 heteroatoms. The molecule has 24 nitrogen and oxygen atoms in total. The quantitative estimate of drug-likeness (QED) is 0.136. The van der Waals surface area contributed by atoms with Crippen LogP contribution in [0.4, 0.5) is 0 Å².